The normalized spacial score (nSPS) is 10.5. The zero-order chi connectivity index (χ0) is 17.8. The Hall–Kier alpha value is -3.28. The number of carbonyl (C=O) groups is 2. The predicted molar refractivity (Wildman–Crippen MR) is 95.3 cm³/mol. The maximum absolute atomic E-state index is 12.1. The molecule has 0 fully saturated rings. The molecule has 6 nitrogen and oxygen atoms in total. The lowest BCUT2D eigenvalue weighted by atomic mass is 10.1. The maximum Gasteiger partial charge on any atom is 0.286 e. The third kappa shape index (κ3) is 3.80. The molecule has 25 heavy (non-hydrogen) atoms. The molecule has 1 heterocycles. The molecule has 3 N–H and O–H groups in total. The highest BCUT2D eigenvalue weighted by Gasteiger charge is 2.11. The highest BCUT2D eigenvalue weighted by molar-refractivity contribution is 5.98. The number of aryl methyl sites for hydroxylation is 2. The summed E-state index contributed by atoms with van der Waals surface area (Å²) in [6.45, 7) is 3.65. The van der Waals surface area contributed by atoms with Crippen LogP contribution in [0.5, 0.6) is 5.75 Å². The van der Waals surface area contributed by atoms with Crippen molar-refractivity contribution in [3.05, 3.63) is 65.4 Å². The number of hydrogen-bond acceptors (Lipinski definition) is 3. The summed E-state index contributed by atoms with van der Waals surface area (Å²) in [6, 6.07) is 15.0. The van der Waals surface area contributed by atoms with Crippen molar-refractivity contribution >= 4 is 22.7 Å². The molecule has 0 aliphatic rings. The van der Waals surface area contributed by atoms with Gasteiger partial charge in [0, 0.05) is 10.9 Å². The van der Waals surface area contributed by atoms with Crippen molar-refractivity contribution in [3.63, 3.8) is 0 Å². The van der Waals surface area contributed by atoms with Crippen LogP contribution in [0.15, 0.2) is 48.5 Å². The number of amides is 2. The second-order valence-corrected chi connectivity index (χ2v) is 5.78. The molecule has 0 bridgehead atoms. The maximum atomic E-state index is 12.1. The van der Waals surface area contributed by atoms with Crippen molar-refractivity contribution in [2.24, 2.45) is 0 Å². The van der Waals surface area contributed by atoms with Crippen molar-refractivity contribution in [2.45, 2.75) is 13.8 Å². The third-order valence-corrected chi connectivity index (χ3v) is 3.85. The topological polar surface area (TPSA) is 83.2 Å². The van der Waals surface area contributed by atoms with E-state index < -0.39 is 11.8 Å². The number of aromatic amines is 1. The first-order valence-corrected chi connectivity index (χ1v) is 7.90. The summed E-state index contributed by atoms with van der Waals surface area (Å²) in [7, 11) is 0. The van der Waals surface area contributed by atoms with E-state index in [0.29, 0.717) is 11.4 Å². The lowest BCUT2D eigenvalue weighted by Gasteiger charge is -2.12. The minimum Gasteiger partial charge on any atom is -0.483 e. The number of H-pyrrole nitrogens is 1. The summed E-state index contributed by atoms with van der Waals surface area (Å²) in [5.74, 6) is -0.177. The Balaban J connectivity index is 1.54. The van der Waals surface area contributed by atoms with Gasteiger partial charge in [0.05, 0.1) is 0 Å². The van der Waals surface area contributed by atoms with Gasteiger partial charge in [0.1, 0.15) is 11.4 Å². The number of benzene rings is 2. The molecule has 2 aromatic carbocycles. The van der Waals surface area contributed by atoms with Gasteiger partial charge in [-0.1, -0.05) is 36.4 Å². The number of carbonyl (C=O) groups excluding carboxylic acids is 2. The van der Waals surface area contributed by atoms with Crippen molar-refractivity contribution in [3.8, 4) is 5.75 Å². The van der Waals surface area contributed by atoms with Gasteiger partial charge in [-0.15, -0.1) is 0 Å². The Kier molecular flexibility index (Phi) is 4.70. The minimum atomic E-state index is -0.438. The number of fused-ring (bicyclic) bond motifs is 1. The first-order valence-electron chi connectivity index (χ1n) is 7.90. The standard InChI is InChI=1S/C19H19N3O3/c1-12-6-5-7-13(2)18(12)25-11-17(23)21-22-19(24)16-10-14-8-3-4-9-15(14)20-16/h3-10,20H,11H2,1-2H3,(H,21,23)(H,22,24). The van der Waals surface area contributed by atoms with Crippen LogP contribution in [0.4, 0.5) is 0 Å². The van der Waals surface area contributed by atoms with Gasteiger partial charge in [0.25, 0.3) is 11.8 Å². The molecule has 6 heteroatoms. The highest BCUT2D eigenvalue weighted by Crippen LogP contribution is 2.22. The summed E-state index contributed by atoms with van der Waals surface area (Å²) in [4.78, 5) is 27.0. The van der Waals surface area contributed by atoms with Crippen molar-refractivity contribution in [1.82, 2.24) is 15.8 Å². The first-order chi connectivity index (χ1) is 12.0. The van der Waals surface area contributed by atoms with Crippen LogP contribution in [-0.4, -0.2) is 23.4 Å². The average molecular weight is 337 g/mol. The molecule has 0 atom stereocenters. The number of hydrazine groups is 1. The summed E-state index contributed by atoms with van der Waals surface area (Å²) >= 11 is 0. The molecule has 2 amide bonds. The molecule has 3 rings (SSSR count). The predicted octanol–water partition coefficient (Wildman–Crippen LogP) is 2.62. The molecule has 1 aromatic heterocycles. The van der Waals surface area contributed by atoms with E-state index in [1.165, 1.54) is 0 Å². The molecule has 0 unspecified atom stereocenters. The van der Waals surface area contributed by atoms with Gasteiger partial charge < -0.3 is 9.72 Å². The lowest BCUT2D eigenvalue weighted by Crippen LogP contribution is -2.44. The van der Waals surface area contributed by atoms with Gasteiger partial charge in [-0.25, -0.2) is 0 Å². The SMILES string of the molecule is Cc1cccc(C)c1OCC(=O)NNC(=O)c1cc2ccccc2[nH]1. The minimum absolute atomic E-state index is 0.182. The van der Waals surface area contributed by atoms with Crippen LogP contribution in [0.25, 0.3) is 10.9 Å². The molecule has 0 spiro atoms. The zero-order valence-electron chi connectivity index (χ0n) is 14.1. The van der Waals surface area contributed by atoms with Crippen molar-refractivity contribution < 1.29 is 14.3 Å². The van der Waals surface area contributed by atoms with Gasteiger partial charge in [0.15, 0.2) is 6.61 Å². The summed E-state index contributed by atoms with van der Waals surface area (Å²) < 4.78 is 5.54. The molecule has 0 radical (unpaired) electrons. The van der Waals surface area contributed by atoms with E-state index in [4.69, 9.17) is 4.74 Å². The van der Waals surface area contributed by atoms with Crippen LogP contribution in [0.3, 0.4) is 0 Å². The largest absolute Gasteiger partial charge is 0.483 e. The monoisotopic (exact) mass is 337 g/mol. The number of rotatable bonds is 4. The van der Waals surface area contributed by atoms with Crippen LogP contribution in [0.2, 0.25) is 0 Å². The van der Waals surface area contributed by atoms with Crippen LogP contribution < -0.4 is 15.6 Å². The molecular formula is C19H19N3O3. The van der Waals surface area contributed by atoms with E-state index in [-0.39, 0.29) is 6.61 Å². The smallest absolute Gasteiger partial charge is 0.286 e. The van der Waals surface area contributed by atoms with Gasteiger partial charge in [-0.3, -0.25) is 20.4 Å². The Labute approximate surface area is 145 Å². The van der Waals surface area contributed by atoms with Crippen molar-refractivity contribution in [2.75, 3.05) is 6.61 Å². The Morgan fingerprint density at radius 1 is 1.00 bits per heavy atom. The van der Waals surface area contributed by atoms with Gasteiger partial charge in [0.2, 0.25) is 0 Å². The zero-order valence-corrected chi connectivity index (χ0v) is 14.1. The molecule has 0 aliphatic heterocycles. The summed E-state index contributed by atoms with van der Waals surface area (Å²) in [5.41, 5.74) is 7.86. The molecular weight excluding hydrogens is 318 g/mol. The second kappa shape index (κ2) is 7.09. The van der Waals surface area contributed by atoms with Crippen LogP contribution in [0, 0.1) is 13.8 Å². The number of nitrogens with one attached hydrogen (secondary N) is 3. The van der Waals surface area contributed by atoms with Crippen LogP contribution in [-0.2, 0) is 4.79 Å². The fraction of sp³-hybridized carbons (Fsp3) is 0.158. The van der Waals surface area contributed by atoms with Crippen LogP contribution >= 0.6 is 0 Å². The Morgan fingerprint density at radius 2 is 1.72 bits per heavy atom. The quantitative estimate of drug-likeness (QED) is 0.640. The average Bonchev–Trinajstić information content (AvgIpc) is 3.03. The number of hydrogen-bond donors (Lipinski definition) is 3. The van der Waals surface area contributed by atoms with E-state index in [9.17, 15) is 9.59 Å². The number of para-hydroxylation sites is 2. The van der Waals surface area contributed by atoms with E-state index in [1.54, 1.807) is 6.07 Å². The number of aromatic nitrogens is 1. The Bertz CT molecular complexity index is 877. The number of ether oxygens (including phenoxy) is 1. The Morgan fingerprint density at radius 3 is 2.44 bits per heavy atom. The first kappa shape index (κ1) is 16.6. The van der Waals surface area contributed by atoms with E-state index in [0.717, 1.165) is 22.0 Å². The molecule has 0 aliphatic carbocycles. The van der Waals surface area contributed by atoms with Gasteiger partial charge in [-0.05, 0) is 37.1 Å². The van der Waals surface area contributed by atoms with E-state index in [1.807, 2.05) is 56.3 Å². The second-order valence-electron chi connectivity index (χ2n) is 5.78. The fourth-order valence-corrected chi connectivity index (χ4v) is 2.59. The van der Waals surface area contributed by atoms with Gasteiger partial charge >= 0.3 is 0 Å². The fourth-order valence-electron chi connectivity index (χ4n) is 2.59. The summed E-state index contributed by atoms with van der Waals surface area (Å²) in [6.07, 6.45) is 0. The summed E-state index contributed by atoms with van der Waals surface area (Å²) in [5, 5.41) is 0.928. The molecule has 128 valence electrons. The third-order valence-electron chi connectivity index (χ3n) is 3.85. The lowest BCUT2D eigenvalue weighted by molar-refractivity contribution is -0.123. The van der Waals surface area contributed by atoms with Crippen molar-refractivity contribution in [1.29, 1.82) is 0 Å². The van der Waals surface area contributed by atoms with Crippen LogP contribution in [0.1, 0.15) is 21.6 Å². The molecule has 3 aromatic rings. The van der Waals surface area contributed by atoms with Gasteiger partial charge in [-0.2, -0.15) is 0 Å². The molecule has 0 saturated carbocycles. The van der Waals surface area contributed by atoms with E-state index in [2.05, 4.69) is 15.8 Å². The molecule has 0 saturated heterocycles. The highest BCUT2D eigenvalue weighted by atomic mass is 16.5. The van der Waals surface area contributed by atoms with E-state index >= 15 is 0 Å².